The number of esters is 1. The molecule has 0 aliphatic heterocycles. The molecular weight excluding hydrogens is 348 g/mol. The van der Waals surface area contributed by atoms with Gasteiger partial charge in [0.05, 0.1) is 5.56 Å². The Kier molecular flexibility index (Phi) is 7.21. The van der Waals surface area contributed by atoms with Crippen LogP contribution in [0.1, 0.15) is 36.7 Å². The summed E-state index contributed by atoms with van der Waals surface area (Å²) in [7, 11) is 0. The number of nitrogens with one attached hydrogen (secondary N) is 1. The summed E-state index contributed by atoms with van der Waals surface area (Å²) >= 11 is 1.39. The molecule has 2 aromatic rings. The number of carbonyl (C=O) groups excluding carboxylic acids is 2. The van der Waals surface area contributed by atoms with Gasteiger partial charge in [-0.2, -0.15) is 0 Å². The molecule has 26 heavy (non-hydrogen) atoms. The molecule has 6 heteroatoms. The van der Waals surface area contributed by atoms with Gasteiger partial charge >= 0.3 is 5.97 Å². The highest BCUT2D eigenvalue weighted by Gasteiger charge is 2.17. The lowest BCUT2D eigenvalue weighted by Crippen LogP contribution is -2.38. The maximum absolute atomic E-state index is 12.4. The third kappa shape index (κ3) is 5.88. The Morgan fingerprint density at radius 1 is 1.15 bits per heavy atom. The van der Waals surface area contributed by atoms with Crippen molar-refractivity contribution < 1.29 is 14.3 Å². The Morgan fingerprint density at radius 2 is 1.85 bits per heavy atom. The molecule has 0 fully saturated rings. The zero-order chi connectivity index (χ0) is 19.1. The molecule has 0 radical (unpaired) electrons. The molecule has 0 bridgehead atoms. The highest BCUT2D eigenvalue weighted by atomic mass is 32.2. The quantitative estimate of drug-likeness (QED) is 0.748. The molecule has 0 unspecified atom stereocenters. The van der Waals surface area contributed by atoms with E-state index < -0.39 is 5.97 Å². The molecule has 138 valence electrons. The lowest BCUT2D eigenvalue weighted by molar-refractivity contribution is -0.125. The molecular formula is C20H24N2O3S. The van der Waals surface area contributed by atoms with Gasteiger partial charge in [0.15, 0.2) is 6.61 Å². The molecule has 1 amide bonds. The Balaban J connectivity index is 2.00. The number of benzene rings is 1. The molecule has 1 heterocycles. The standard InChI is InChI=1S/C20H24N2O3S/c1-13(2)15(4)22-18(23)12-25-20(24)17-6-5-11-21-19(17)26-16-9-7-14(3)8-10-16/h5-11,13,15H,12H2,1-4H3,(H,22,23)/t15-/m0/s1. The van der Waals surface area contributed by atoms with Gasteiger partial charge in [0.25, 0.3) is 5.91 Å². The Bertz CT molecular complexity index is 760. The minimum absolute atomic E-state index is 0.0206. The van der Waals surface area contributed by atoms with Gasteiger partial charge in [-0.3, -0.25) is 4.79 Å². The van der Waals surface area contributed by atoms with Crippen molar-refractivity contribution in [2.75, 3.05) is 6.61 Å². The minimum atomic E-state index is -0.555. The van der Waals surface area contributed by atoms with Gasteiger partial charge in [-0.15, -0.1) is 0 Å². The van der Waals surface area contributed by atoms with Crippen LogP contribution in [0.2, 0.25) is 0 Å². The average molecular weight is 372 g/mol. The number of carbonyl (C=O) groups is 2. The summed E-state index contributed by atoms with van der Waals surface area (Å²) in [6.07, 6.45) is 1.63. The predicted molar refractivity (Wildman–Crippen MR) is 102 cm³/mol. The van der Waals surface area contributed by atoms with Crippen LogP contribution in [-0.4, -0.2) is 29.5 Å². The van der Waals surface area contributed by atoms with Crippen molar-refractivity contribution in [1.82, 2.24) is 10.3 Å². The van der Waals surface area contributed by atoms with Crippen LogP contribution in [0, 0.1) is 12.8 Å². The van der Waals surface area contributed by atoms with E-state index in [0.717, 1.165) is 10.5 Å². The summed E-state index contributed by atoms with van der Waals surface area (Å²) < 4.78 is 5.16. The Hall–Kier alpha value is -2.34. The van der Waals surface area contributed by atoms with Crippen molar-refractivity contribution in [3.8, 4) is 0 Å². The number of amides is 1. The number of pyridine rings is 1. The first-order valence-corrected chi connectivity index (χ1v) is 9.34. The average Bonchev–Trinajstić information content (AvgIpc) is 2.62. The normalized spacial score (nSPS) is 11.9. The molecule has 0 aliphatic rings. The molecule has 5 nitrogen and oxygen atoms in total. The topological polar surface area (TPSA) is 68.3 Å². The van der Waals surface area contributed by atoms with Crippen LogP contribution in [-0.2, 0) is 9.53 Å². The van der Waals surface area contributed by atoms with E-state index in [-0.39, 0.29) is 18.6 Å². The van der Waals surface area contributed by atoms with E-state index in [4.69, 9.17) is 4.74 Å². The number of ether oxygens (including phenoxy) is 1. The van der Waals surface area contributed by atoms with E-state index >= 15 is 0 Å². The van der Waals surface area contributed by atoms with Crippen LogP contribution in [0.15, 0.2) is 52.5 Å². The van der Waals surface area contributed by atoms with Gasteiger partial charge in [-0.1, -0.05) is 43.3 Å². The van der Waals surface area contributed by atoms with Crippen LogP contribution < -0.4 is 5.32 Å². The van der Waals surface area contributed by atoms with Crippen molar-refractivity contribution in [2.24, 2.45) is 5.92 Å². The second-order valence-corrected chi connectivity index (χ2v) is 7.51. The Labute approximate surface area is 158 Å². The lowest BCUT2D eigenvalue weighted by Gasteiger charge is -2.17. The molecule has 1 aromatic heterocycles. The van der Waals surface area contributed by atoms with Crippen molar-refractivity contribution in [2.45, 2.75) is 43.7 Å². The summed E-state index contributed by atoms with van der Waals surface area (Å²) in [5.74, 6) is -0.554. The van der Waals surface area contributed by atoms with Gasteiger partial charge in [0, 0.05) is 17.1 Å². The summed E-state index contributed by atoms with van der Waals surface area (Å²) in [6.45, 7) is 7.66. The van der Waals surface area contributed by atoms with Gasteiger partial charge in [-0.25, -0.2) is 9.78 Å². The molecule has 1 aromatic carbocycles. The van der Waals surface area contributed by atoms with E-state index in [1.165, 1.54) is 11.8 Å². The number of hydrogen-bond donors (Lipinski definition) is 1. The fraction of sp³-hybridized carbons (Fsp3) is 0.350. The first-order chi connectivity index (χ1) is 12.4. The first-order valence-electron chi connectivity index (χ1n) is 8.53. The van der Waals surface area contributed by atoms with E-state index in [2.05, 4.69) is 10.3 Å². The smallest absolute Gasteiger partial charge is 0.341 e. The van der Waals surface area contributed by atoms with Crippen LogP contribution >= 0.6 is 11.8 Å². The third-order valence-corrected chi connectivity index (χ3v) is 4.98. The molecule has 2 rings (SSSR count). The maximum atomic E-state index is 12.4. The summed E-state index contributed by atoms with van der Waals surface area (Å²) in [6, 6.07) is 11.3. The number of hydrogen-bond acceptors (Lipinski definition) is 5. The van der Waals surface area contributed by atoms with Gasteiger partial charge in [0.2, 0.25) is 0 Å². The molecule has 0 aliphatic carbocycles. The fourth-order valence-electron chi connectivity index (χ4n) is 2.02. The van der Waals surface area contributed by atoms with E-state index in [9.17, 15) is 9.59 Å². The van der Waals surface area contributed by atoms with Gasteiger partial charge < -0.3 is 10.1 Å². The van der Waals surface area contributed by atoms with Crippen LogP contribution in [0.25, 0.3) is 0 Å². The van der Waals surface area contributed by atoms with Crippen LogP contribution in [0.3, 0.4) is 0 Å². The summed E-state index contributed by atoms with van der Waals surface area (Å²) in [5.41, 5.74) is 1.51. The number of aryl methyl sites for hydroxylation is 1. The van der Waals surface area contributed by atoms with E-state index in [0.29, 0.717) is 16.5 Å². The van der Waals surface area contributed by atoms with Crippen molar-refractivity contribution >= 4 is 23.6 Å². The van der Waals surface area contributed by atoms with Crippen LogP contribution in [0.5, 0.6) is 0 Å². The largest absolute Gasteiger partial charge is 0.452 e. The summed E-state index contributed by atoms with van der Waals surface area (Å²) in [4.78, 5) is 29.5. The number of nitrogens with zero attached hydrogens (tertiary/aromatic N) is 1. The van der Waals surface area contributed by atoms with Crippen molar-refractivity contribution in [1.29, 1.82) is 0 Å². The predicted octanol–water partition coefficient (Wildman–Crippen LogP) is 3.86. The maximum Gasteiger partial charge on any atom is 0.341 e. The minimum Gasteiger partial charge on any atom is -0.452 e. The molecule has 1 atom stereocenters. The molecule has 1 N–H and O–H groups in total. The number of rotatable bonds is 7. The fourth-order valence-corrected chi connectivity index (χ4v) is 2.89. The highest BCUT2D eigenvalue weighted by molar-refractivity contribution is 7.99. The van der Waals surface area contributed by atoms with E-state index in [1.807, 2.05) is 52.0 Å². The lowest BCUT2D eigenvalue weighted by atomic mass is 10.1. The second kappa shape index (κ2) is 9.38. The van der Waals surface area contributed by atoms with Gasteiger partial charge in [-0.05, 0) is 44.0 Å². The molecule has 0 saturated heterocycles. The second-order valence-electron chi connectivity index (χ2n) is 6.45. The molecule has 0 spiro atoms. The zero-order valence-electron chi connectivity index (χ0n) is 15.5. The monoisotopic (exact) mass is 372 g/mol. The number of aromatic nitrogens is 1. The SMILES string of the molecule is Cc1ccc(Sc2ncccc2C(=O)OCC(=O)N[C@@H](C)C(C)C)cc1. The third-order valence-electron chi connectivity index (χ3n) is 3.95. The first kappa shape index (κ1) is 20.0. The zero-order valence-corrected chi connectivity index (χ0v) is 16.3. The van der Waals surface area contributed by atoms with Crippen molar-refractivity contribution in [3.63, 3.8) is 0 Å². The molecule has 0 saturated carbocycles. The Morgan fingerprint density at radius 3 is 2.50 bits per heavy atom. The van der Waals surface area contributed by atoms with Gasteiger partial charge in [0.1, 0.15) is 5.03 Å². The van der Waals surface area contributed by atoms with Crippen molar-refractivity contribution in [3.05, 3.63) is 53.7 Å². The van der Waals surface area contributed by atoms with E-state index in [1.54, 1.807) is 18.3 Å². The summed E-state index contributed by atoms with van der Waals surface area (Å²) in [5, 5.41) is 3.36. The highest BCUT2D eigenvalue weighted by Crippen LogP contribution is 2.29. The van der Waals surface area contributed by atoms with Crippen LogP contribution in [0.4, 0.5) is 0 Å².